The molecule has 0 bridgehead atoms. The molecule has 2 N–H and O–H groups in total. The molecule has 1 aliphatic carbocycles. The maximum atomic E-state index is 5.67. The van der Waals surface area contributed by atoms with E-state index in [0.717, 1.165) is 12.0 Å². The summed E-state index contributed by atoms with van der Waals surface area (Å²) in [6.07, 6.45) is 8.81. The molecular formula is C15H24N2S. The molecule has 0 unspecified atom stereocenters. The third-order valence-electron chi connectivity index (χ3n) is 4.88. The Bertz CT molecular complexity index is 383. The van der Waals surface area contributed by atoms with Crippen LogP contribution in [0.3, 0.4) is 0 Å². The molecule has 1 saturated heterocycles. The molecule has 0 radical (unpaired) electrons. The molecule has 1 aliphatic heterocycles. The number of rotatable bonds is 3. The van der Waals surface area contributed by atoms with Gasteiger partial charge in [-0.25, -0.2) is 0 Å². The Labute approximate surface area is 114 Å². The molecule has 0 aromatic carbocycles. The number of nitrogens with zero attached hydrogens (tertiary/aromatic N) is 1. The first-order valence-electron chi connectivity index (χ1n) is 7.30. The van der Waals surface area contributed by atoms with Crippen molar-refractivity contribution in [1.82, 2.24) is 4.90 Å². The molecular weight excluding hydrogens is 240 g/mol. The number of piperidine rings is 1. The Morgan fingerprint density at radius 3 is 2.33 bits per heavy atom. The van der Waals surface area contributed by atoms with Crippen molar-refractivity contribution in [1.29, 1.82) is 0 Å². The van der Waals surface area contributed by atoms with E-state index in [1.54, 1.807) is 0 Å². The lowest BCUT2D eigenvalue weighted by Crippen LogP contribution is -2.38. The van der Waals surface area contributed by atoms with Crippen molar-refractivity contribution in [3.63, 3.8) is 0 Å². The largest absolute Gasteiger partial charge is 0.326 e. The summed E-state index contributed by atoms with van der Waals surface area (Å²) >= 11 is 1.88. The second-order valence-corrected chi connectivity index (χ2v) is 7.31. The zero-order chi connectivity index (χ0) is 12.4. The molecule has 1 aromatic rings. The number of nitrogens with two attached hydrogens (primary N) is 1. The summed E-state index contributed by atoms with van der Waals surface area (Å²) < 4.78 is 0. The van der Waals surface area contributed by atoms with E-state index in [9.17, 15) is 0 Å². The van der Waals surface area contributed by atoms with Gasteiger partial charge in [0.05, 0.1) is 0 Å². The van der Waals surface area contributed by atoms with Crippen LogP contribution in [0.25, 0.3) is 0 Å². The highest BCUT2D eigenvalue weighted by Gasteiger charge is 2.36. The van der Waals surface area contributed by atoms with Crippen LogP contribution in [0.1, 0.15) is 48.3 Å². The lowest BCUT2D eigenvalue weighted by atomic mass is 9.77. The number of thiophene rings is 1. The maximum absolute atomic E-state index is 5.67. The van der Waals surface area contributed by atoms with Crippen LogP contribution >= 0.6 is 11.3 Å². The van der Waals surface area contributed by atoms with Gasteiger partial charge in [-0.3, -0.25) is 4.90 Å². The average molecular weight is 264 g/mol. The molecule has 100 valence electrons. The Morgan fingerprint density at radius 1 is 1.06 bits per heavy atom. The maximum Gasteiger partial charge on any atom is 0.0328 e. The summed E-state index contributed by atoms with van der Waals surface area (Å²) in [4.78, 5) is 5.43. The van der Waals surface area contributed by atoms with Crippen LogP contribution in [0.5, 0.6) is 0 Å². The Morgan fingerprint density at radius 2 is 1.72 bits per heavy atom. The second kappa shape index (κ2) is 5.32. The van der Waals surface area contributed by atoms with E-state index >= 15 is 0 Å². The molecule has 3 heteroatoms. The highest BCUT2D eigenvalue weighted by molar-refractivity contribution is 7.11. The third kappa shape index (κ3) is 2.63. The van der Waals surface area contributed by atoms with Crippen LogP contribution < -0.4 is 5.73 Å². The van der Waals surface area contributed by atoms with E-state index < -0.39 is 0 Å². The van der Waals surface area contributed by atoms with Gasteiger partial charge in [-0.1, -0.05) is 12.8 Å². The molecule has 0 atom stereocenters. The van der Waals surface area contributed by atoms with Gasteiger partial charge in [0.2, 0.25) is 0 Å². The van der Waals surface area contributed by atoms with Crippen molar-refractivity contribution >= 4 is 11.3 Å². The lowest BCUT2D eigenvalue weighted by Gasteiger charge is -2.39. The first-order chi connectivity index (χ1) is 8.80. The van der Waals surface area contributed by atoms with Crippen LogP contribution in [0, 0.1) is 5.41 Å². The van der Waals surface area contributed by atoms with Crippen LogP contribution in [0.2, 0.25) is 0 Å². The Kier molecular flexibility index (Phi) is 3.73. The average Bonchev–Trinajstić information content (AvgIpc) is 3.02. The summed E-state index contributed by atoms with van der Waals surface area (Å²) in [5.41, 5.74) is 6.42. The van der Waals surface area contributed by atoms with E-state index in [-0.39, 0.29) is 0 Å². The van der Waals surface area contributed by atoms with Crippen molar-refractivity contribution in [3.05, 3.63) is 21.9 Å². The third-order valence-corrected chi connectivity index (χ3v) is 5.97. The molecule has 2 aliphatic rings. The number of likely N-dealkylation sites (tertiary alicyclic amines) is 1. The van der Waals surface area contributed by atoms with Gasteiger partial charge in [0, 0.05) is 22.8 Å². The first kappa shape index (κ1) is 12.6. The van der Waals surface area contributed by atoms with Gasteiger partial charge in [-0.15, -0.1) is 11.3 Å². The van der Waals surface area contributed by atoms with Crippen molar-refractivity contribution < 1.29 is 0 Å². The van der Waals surface area contributed by atoms with Crippen molar-refractivity contribution in [2.75, 3.05) is 13.1 Å². The lowest BCUT2D eigenvalue weighted by molar-refractivity contribution is 0.104. The van der Waals surface area contributed by atoms with E-state index in [2.05, 4.69) is 17.0 Å². The van der Waals surface area contributed by atoms with Crippen molar-refractivity contribution in [3.8, 4) is 0 Å². The zero-order valence-electron chi connectivity index (χ0n) is 11.2. The van der Waals surface area contributed by atoms with Gasteiger partial charge < -0.3 is 5.73 Å². The van der Waals surface area contributed by atoms with Crippen LogP contribution in [-0.2, 0) is 13.1 Å². The normalized spacial score (nSPS) is 23.8. The Hall–Kier alpha value is -0.380. The van der Waals surface area contributed by atoms with Crippen LogP contribution in [0.15, 0.2) is 12.1 Å². The fourth-order valence-corrected chi connectivity index (χ4v) is 4.59. The molecule has 3 rings (SSSR count). The van der Waals surface area contributed by atoms with Crippen LogP contribution in [-0.4, -0.2) is 18.0 Å². The minimum Gasteiger partial charge on any atom is -0.326 e. The number of hydrogen-bond donors (Lipinski definition) is 1. The molecule has 1 saturated carbocycles. The number of hydrogen-bond acceptors (Lipinski definition) is 3. The Balaban J connectivity index is 1.53. The molecule has 2 heterocycles. The molecule has 18 heavy (non-hydrogen) atoms. The highest BCUT2D eigenvalue weighted by Crippen LogP contribution is 2.46. The minimum atomic E-state index is 0.688. The molecule has 0 amide bonds. The molecule has 1 aromatic heterocycles. The van der Waals surface area contributed by atoms with E-state index in [0.29, 0.717) is 6.54 Å². The molecule has 2 nitrogen and oxygen atoms in total. The zero-order valence-corrected chi connectivity index (χ0v) is 12.0. The van der Waals surface area contributed by atoms with E-state index in [1.165, 1.54) is 61.4 Å². The predicted molar refractivity (Wildman–Crippen MR) is 77.6 cm³/mol. The molecule has 1 spiro atoms. The van der Waals surface area contributed by atoms with Gasteiger partial charge in [0.15, 0.2) is 0 Å². The standard InChI is InChI=1S/C15H24N2S/c16-11-13-3-4-14(18-13)12-17-9-7-15(8-10-17)5-1-2-6-15/h3-4H,1-2,5-12,16H2. The van der Waals surface area contributed by atoms with Gasteiger partial charge in [0.1, 0.15) is 0 Å². The topological polar surface area (TPSA) is 29.3 Å². The summed E-state index contributed by atoms with van der Waals surface area (Å²) in [6, 6.07) is 4.44. The SMILES string of the molecule is NCc1ccc(CN2CCC3(CCCC3)CC2)s1. The summed E-state index contributed by atoms with van der Waals surface area (Å²) in [5, 5.41) is 0. The van der Waals surface area contributed by atoms with Gasteiger partial charge >= 0.3 is 0 Å². The highest BCUT2D eigenvalue weighted by atomic mass is 32.1. The monoisotopic (exact) mass is 264 g/mol. The second-order valence-electron chi connectivity index (χ2n) is 6.06. The quantitative estimate of drug-likeness (QED) is 0.907. The van der Waals surface area contributed by atoms with Gasteiger partial charge in [0.25, 0.3) is 0 Å². The van der Waals surface area contributed by atoms with Crippen molar-refractivity contribution in [2.24, 2.45) is 11.1 Å². The van der Waals surface area contributed by atoms with Gasteiger partial charge in [-0.05, 0) is 56.3 Å². The van der Waals surface area contributed by atoms with E-state index in [4.69, 9.17) is 5.73 Å². The summed E-state index contributed by atoms with van der Waals surface area (Å²) in [7, 11) is 0. The summed E-state index contributed by atoms with van der Waals surface area (Å²) in [5.74, 6) is 0. The predicted octanol–water partition coefficient (Wildman–Crippen LogP) is 3.36. The fraction of sp³-hybridized carbons (Fsp3) is 0.733. The smallest absolute Gasteiger partial charge is 0.0328 e. The van der Waals surface area contributed by atoms with Crippen LogP contribution in [0.4, 0.5) is 0 Å². The summed E-state index contributed by atoms with van der Waals surface area (Å²) in [6.45, 7) is 4.43. The fourth-order valence-electron chi connectivity index (χ4n) is 3.65. The van der Waals surface area contributed by atoms with Crippen molar-refractivity contribution in [2.45, 2.75) is 51.6 Å². The first-order valence-corrected chi connectivity index (χ1v) is 8.11. The molecule has 2 fully saturated rings. The minimum absolute atomic E-state index is 0.688. The van der Waals surface area contributed by atoms with E-state index in [1.807, 2.05) is 11.3 Å². The van der Waals surface area contributed by atoms with Gasteiger partial charge in [-0.2, -0.15) is 0 Å².